The van der Waals surface area contributed by atoms with Gasteiger partial charge in [0.15, 0.2) is 0 Å². The molecule has 3 rings (SSSR count). The number of benzene rings is 1. The fraction of sp³-hybridized carbons (Fsp3) is 0.278. The molecule has 8 nitrogen and oxygen atoms in total. The number of pyridine rings is 1. The second-order valence-corrected chi connectivity index (χ2v) is 5.45. The fourth-order valence-corrected chi connectivity index (χ4v) is 2.72. The first-order chi connectivity index (χ1) is 12.6. The van der Waals surface area contributed by atoms with Crippen LogP contribution >= 0.6 is 0 Å². The van der Waals surface area contributed by atoms with Crippen LogP contribution in [0.3, 0.4) is 0 Å². The van der Waals surface area contributed by atoms with E-state index >= 15 is 0 Å². The molecule has 0 bridgehead atoms. The van der Waals surface area contributed by atoms with Gasteiger partial charge in [0.25, 0.3) is 0 Å². The van der Waals surface area contributed by atoms with Crippen LogP contribution in [0.15, 0.2) is 41.6 Å². The minimum Gasteiger partial charge on any atom is -0.481 e. The van der Waals surface area contributed by atoms with Gasteiger partial charge in [-0.25, -0.2) is 14.6 Å². The molecule has 0 atom stereocenters. The number of hydrogen-bond donors (Lipinski definition) is 0. The van der Waals surface area contributed by atoms with Crippen LogP contribution in [0.1, 0.15) is 0 Å². The van der Waals surface area contributed by atoms with E-state index in [4.69, 9.17) is 18.9 Å². The van der Waals surface area contributed by atoms with E-state index in [1.54, 1.807) is 30.2 Å². The number of aromatic nitrogens is 1. The Bertz CT molecular complexity index is 892. The minimum atomic E-state index is -0.637. The summed E-state index contributed by atoms with van der Waals surface area (Å²) in [5.41, 5.74) is 1.61. The van der Waals surface area contributed by atoms with E-state index in [1.807, 2.05) is 12.1 Å². The largest absolute Gasteiger partial charge is 0.481 e. The standard InChI is InChI=1S/C18H18N2O6/c1-23-15-7-4-11-8-12(5-6-14(11)19-15)20-10-26-9-13(17(21)24-2)16(20)18(22)25-3/h4-8H,9-10H2,1-3H3. The van der Waals surface area contributed by atoms with Gasteiger partial charge in [-0.05, 0) is 24.3 Å². The van der Waals surface area contributed by atoms with Gasteiger partial charge in [-0.15, -0.1) is 0 Å². The molecular formula is C18H18N2O6. The van der Waals surface area contributed by atoms with Crippen LogP contribution in [0.4, 0.5) is 5.69 Å². The summed E-state index contributed by atoms with van der Waals surface area (Å²) in [6.07, 6.45) is 0. The number of rotatable bonds is 4. The summed E-state index contributed by atoms with van der Waals surface area (Å²) in [4.78, 5) is 30.3. The van der Waals surface area contributed by atoms with Gasteiger partial charge in [0.2, 0.25) is 5.88 Å². The van der Waals surface area contributed by atoms with Crippen LogP contribution in [0, 0.1) is 0 Å². The Morgan fingerprint density at radius 3 is 2.54 bits per heavy atom. The number of hydrogen-bond acceptors (Lipinski definition) is 8. The number of methoxy groups -OCH3 is 3. The molecule has 1 aliphatic rings. The Balaban J connectivity index is 2.09. The van der Waals surface area contributed by atoms with Gasteiger partial charge in [0.1, 0.15) is 12.4 Å². The van der Waals surface area contributed by atoms with Crippen molar-refractivity contribution in [2.45, 2.75) is 0 Å². The zero-order valence-corrected chi connectivity index (χ0v) is 14.6. The van der Waals surface area contributed by atoms with Crippen molar-refractivity contribution < 1.29 is 28.5 Å². The van der Waals surface area contributed by atoms with Gasteiger partial charge in [-0.1, -0.05) is 0 Å². The highest BCUT2D eigenvalue weighted by Gasteiger charge is 2.32. The number of esters is 2. The van der Waals surface area contributed by atoms with E-state index in [0.717, 1.165) is 10.9 Å². The van der Waals surface area contributed by atoms with Gasteiger partial charge in [-0.3, -0.25) is 0 Å². The Hall–Kier alpha value is -3.13. The average molecular weight is 358 g/mol. The molecule has 0 aliphatic carbocycles. The van der Waals surface area contributed by atoms with Crippen LogP contribution in [-0.4, -0.2) is 51.6 Å². The molecule has 1 aromatic carbocycles. The maximum Gasteiger partial charge on any atom is 0.355 e. The third-order valence-electron chi connectivity index (χ3n) is 4.00. The molecule has 0 radical (unpaired) electrons. The van der Waals surface area contributed by atoms with E-state index < -0.39 is 11.9 Å². The van der Waals surface area contributed by atoms with Crippen molar-refractivity contribution >= 4 is 28.5 Å². The molecule has 1 aliphatic heterocycles. The van der Waals surface area contributed by atoms with Crippen LogP contribution in [0.2, 0.25) is 0 Å². The molecular weight excluding hydrogens is 340 g/mol. The van der Waals surface area contributed by atoms with E-state index in [1.165, 1.54) is 14.2 Å². The van der Waals surface area contributed by atoms with Gasteiger partial charge in [0, 0.05) is 17.1 Å². The van der Waals surface area contributed by atoms with Crippen molar-refractivity contribution in [2.24, 2.45) is 0 Å². The number of carbonyl (C=O) groups is 2. The fourth-order valence-electron chi connectivity index (χ4n) is 2.72. The maximum atomic E-state index is 12.3. The summed E-state index contributed by atoms with van der Waals surface area (Å²) < 4.78 is 20.2. The maximum absolute atomic E-state index is 12.3. The third-order valence-corrected chi connectivity index (χ3v) is 4.00. The topological polar surface area (TPSA) is 87.2 Å². The van der Waals surface area contributed by atoms with Crippen LogP contribution in [0.5, 0.6) is 5.88 Å². The zero-order valence-electron chi connectivity index (χ0n) is 14.6. The first-order valence-corrected chi connectivity index (χ1v) is 7.79. The predicted octanol–water partition coefficient (Wildman–Crippen LogP) is 1.64. The molecule has 0 N–H and O–H groups in total. The number of fused-ring (bicyclic) bond motifs is 1. The highest BCUT2D eigenvalue weighted by Crippen LogP contribution is 2.29. The predicted molar refractivity (Wildman–Crippen MR) is 92.7 cm³/mol. The van der Waals surface area contributed by atoms with Crippen LogP contribution in [0.25, 0.3) is 10.9 Å². The van der Waals surface area contributed by atoms with Crippen molar-refractivity contribution in [1.29, 1.82) is 0 Å². The molecule has 2 heterocycles. The molecule has 0 amide bonds. The van der Waals surface area contributed by atoms with Crippen LogP contribution in [-0.2, 0) is 23.8 Å². The summed E-state index contributed by atoms with van der Waals surface area (Å²) in [7, 11) is 4.06. The van der Waals surface area contributed by atoms with Gasteiger partial charge >= 0.3 is 11.9 Å². The Morgan fingerprint density at radius 1 is 1.08 bits per heavy atom. The van der Waals surface area contributed by atoms with Crippen molar-refractivity contribution in [3.05, 3.63) is 41.6 Å². The van der Waals surface area contributed by atoms with Crippen LogP contribution < -0.4 is 9.64 Å². The minimum absolute atomic E-state index is 0.0278. The highest BCUT2D eigenvalue weighted by molar-refractivity contribution is 6.03. The lowest BCUT2D eigenvalue weighted by Crippen LogP contribution is -2.38. The second kappa shape index (κ2) is 7.40. The van der Waals surface area contributed by atoms with Crippen molar-refractivity contribution in [1.82, 2.24) is 4.98 Å². The van der Waals surface area contributed by atoms with E-state index in [9.17, 15) is 9.59 Å². The summed E-state index contributed by atoms with van der Waals surface area (Å²) in [5, 5.41) is 0.845. The smallest absolute Gasteiger partial charge is 0.355 e. The summed E-state index contributed by atoms with van der Waals surface area (Å²) >= 11 is 0. The number of ether oxygens (including phenoxy) is 4. The van der Waals surface area contributed by atoms with E-state index in [2.05, 4.69) is 4.98 Å². The molecule has 8 heteroatoms. The zero-order chi connectivity index (χ0) is 18.7. The average Bonchev–Trinajstić information content (AvgIpc) is 2.71. The monoisotopic (exact) mass is 358 g/mol. The summed E-state index contributed by atoms with van der Waals surface area (Å²) in [6.45, 7) is 0.0694. The Labute approximate surface area is 149 Å². The molecule has 0 saturated carbocycles. The molecule has 0 unspecified atom stereocenters. The molecule has 26 heavy (non-hydrogen) atoms. The number of anilines is 1. The molecule has 1 aromatic heterocycles. The lowest BCUT2D eigenvalue weighted by atomic mass is 10.1. The summed E-state index contributed by atoms with van der Waals surface area (Å²) in [5.74, 6) is -0.765. The van der Waals surface area contributed by atoms with Crippen molar-refractivity contribution in [3.63, 3.8) is 0 Å². The SMILES string of the molecule is COC(=O)C1=C(C(=O)OC)N(c2ccc3nc(OC)ccc3c2)COC1. The Kier molecular flexibility index (Phi) is 5.04. The lowest BCUT2D eigenvalue weighted by molar-refractivity contribution is -0.140. The molecule has 136 valence electrons. The van der Waals surface area contributed by atoms with Gasteiger partial charge in [0.05, 0.1) is 39.0 Å². The van der Waals surface area contributed by atoms with Gasteiger partial charge in [-0.2, -0.15) is 0 Å². The first-order valence-electron chi connectivity index (χ1n) is 7.79. The second-order valence-electron chi connectivity index (χ2n) is 5.45. The van der Waals surface area contributed by atoms with Crippen molar-refractivity contribution in [2.75, 3.05) is 39.6 Å². The lowest BCUT2D eigenvalue weighted by Gasteiger charge is -2.31. The van der Waals surface area contributed by atoms with E-state index in [-0.39, 0.29) is 24.6 Å². The molecule has 0 spiro atoms. The summed E-state index contributed by atoms with van der Waals surface area (Å²) in [6, 6.07) is 9.03. The molecule has 0 fully saturated rings. The highest BCUT2D eigenvalue weighted by atomic mass is 16.5. The number of nitrogens with zero attached hydrogens (tertiary/aromatic N) is 2. The number of carbonyl (C=O) groups excluding carboxylic acids is 2. The first kappa shape index (κ1) is 17.7. The molecule has 0 saturated heterocycles. The quantitative estimate of drug-likeness (QED) is 0.763. The van der Waals surface area contributed by atoms with Gasteiger partial charge < -0.3 is 23.8 Å². The van der Waals surface area contributed by atoms with E-state index in [0.29, 0.717) is 11.6 Å². The third kappa shape index (κ3) is 3.18. The normalized spacial score (nSPS) is 14.3. The Morgan fingerprint density at radius 2 is 1.85 bits per heavy atom. The molecule has 2 aromatic rings. The van der Waals surface area contributed by atoms with Crippen molar-refractivity contribution in [3.8, 4) is 5.88 Å².